The van der Waals surface area contributed by atoms with Crippen molar-refractivity contribution in [3.63, 3.8) is 0 Å². The van der Waals surface area contributed by atoms with Crippen LogP contribution < -0.4 is 43.7 Å². The van der Waals surface area contributed by atoms with Crippen molar-refractivity contribution in [1.82, 2.24) is 0 Å². The number of rotatable bonds is 0. The third kappa shape index (κ3) is 2.28. The zero-order valence-electron chi connectivity index (χ0n) is 12.4. The summed E-state index contributed by atoms with van der Waals surface area (Å²) in [5, 5.41) is 2.25. The van der Waals surface area contributed by atoms with Crippen LogP contribution in [0.25, 0.3) is 21.5 Å². The highest BCUT2D eigenvalue weighted by Crippen LogP contribution is 2.35. The summed E-state index contributed by atoms with van der Waals surface area (Å²) in [6.07, 6.45) is 0. The highest BCUT2D eigenvalue weighted by Gasteiger charge is 2.20. The Morgan fingerprint density at radius 1 is 0.333 bits per heavy atom. The first-order valence-electron chi connectivity index (χ1n) is 6.69. The van der Waals surface area contributed by atoms with Gasteiger partial charge in [0.05, 0.1) is 0 Å². The van der Waals surface area contributed by atoms with E-state index in [4.69, 9.17) is 62.8 Å². The monoisotopic (exact) mass is 414 g/mol. The molecule has 16 radical (unpaired) electrons. The average molecular weight is 414 g/mol. The molecule has 10 heteroatoms. The topological polar surface area (TPSA) is 0 Å². The summed E-state index contributed by atoms with van der Waals surface area (Å²) < 4.78 is 1.12. The lowest BCUT2D eigenvalue weighted by molar-refractivity contribution is 1.87. The van der Waals surface area contributed by atoms with Gasteiger partial charge in [-0.15, -0.1) is 21.9 Å². The van der Waals surface area contributed by atoms with Crippen molar-refractivity contribution in [1.29, 1.82) is 0 Å². The summed E-state index contributed by atoms with van der Waals surface area (Å²) in [6.45, 7) is 0. The van der Waals surface area contributed by atoms with Gasteiger partial charge in [-0.1, -0.05) is 21.9 Å². The van der Waals surface area contributed by atoms with Crippen molar-refractivity contribution >= 4 is 160 Å². The Kier molecular flexibility index (Phi) is 4.71. The lowest BCUT2D eigenvalue weighted by atomic mass is 9.62. The second-order valence-corrected chi connectivity index (χ2v) is 7.02. The molecule has 0 bridgehead atoms. The first-order chi connectivity index (χ1) is 11.1. The first-order valence-corrected chi connectivity index (χ1v) is 8.27. The molecular formula is C14B8Br2. The van der Waals surface area contributed by atoms with E-state index in [9.17, 15) is 0 Å². The standard InChI is InChI=1S/C14B8Br2/c15-5-1-2(6(16)10(20)9(5)19)14(24)4-3(13(1)23)7(17)11(21)12(22)8(4)18. The van der Waals surface area contributed by atoms with Gasteiger partial charge in [0.15, 0.2) is 0 Å². The van der Waals surface area contributed by atoms with E-state index in [-0.39, 0.29) is 43.7 Å². The van der Waals surface area contributed by atoms with Crippen molar-refractivity contribution in [3.05, 3.63) is 8.95 Å². The van der Waals surface area contributed by atoms with Gasteiger partial charge in [0, 0.05) is 8.95 Å². The number of hydrogen-bond acceptors (Lipinski definition) is 0. The molecule has 0 unspecified atom stereocenters. The minimum Gasteiger partial charge on any atom is -0.110 e. The largest absolute Gasteiger partial charge is 0.113 e. The van der Waals surface area contributed by atoms with E-state index >= 15 is 0 Å². The van der Waals surface area contributed by atoms with Crippen molar-refractivity contribution in [2.24, 2.45) is 0 Å². The SMILES string of the molecule is [B]c1c([B])c([B])c2c(Br)c3c([B])c([B])c([B])c([B])c3c(Br)c2c1[B]. The zero-order chi connectivity index (χ0) is 18.1. The van der Waals surface area contributed by atoms with E-state index in [2.05, 4.69) is 31.9 Å². The Bertz CT molecular complexity index is 896. The van der Waals surface area contributed by atoms with Crippen LogP contribution in [-0.4, -0.2) is 62.8 Å². The van der Waals surface area contributed by atoms with Gasteiger partial charge in [-0.05, 0) is 53.4 Å². The van der Waals surface area contributed by atoms with Gasteiger partial charge in [-0.2, -0.15) is 0 Å². The Balaban J connectivity index is 2.82. The van der Waals surface area contributed by atoms with Gasteiger partial charge < -0.3 is 0 Å². The molecule has 0 heterocycles. The third-order valence-corrected chi connectivity index (χ3v) is 5.78. The van der Waals surface area contributed by atoms with Gasteiger partial charge in [0.2, 0.25) is 0 Å². The molecule has 94 valence electrons. The van der Waals surface area contributed by atoms with Crippen LogP contribution >= 0.6 is 31.9 Å². The maximum atomic E-state index is 6.17. The van der Waals surface area contributed by atoms with Crippen LogP contribution in [0, 0.1) is 0 Å². The van der Waals surface area contributed by atoms with Gasteiger partial charge in [0.1, 0.15) is 62.8 Å². The Labute approximate surface area is 168 Å². The molecule has 0 N–H and O–H groups in total. The van der Waals surface area contributed by atoms with E-state index in [1.54, 1.807) is 0 Å². The van der Waals surface area contributed by atoms with Crippen LogP contribution in [0.4, 0.5) is 0 Å². The van der Waals surface area contributed by atoms with Gasteiger partial charge in [-0.3, -0.25) is 0 Å². The molecule has 0 saturated heterocycles. The van der Waals surface area contributed by atoms with E-state index in [0.717, 1.165) is 0 Å². The normalized spacial score (nSPS) is 11.4. The first kappa shape index (κ1) is 18.5. The molecule has 0 aliphatic carbocycles. The predicted molar refractivity (Wildman–Crippen MR) is 120 cm³/mol. The van der Waals surface area contributed by atoms with Crippen LogP contribution in [0.2, 0.25) is 0 Å². The highest BCUT2D eigenvalue weighted by atomic mass is 79.9. The van der Waals surface area contributed by atoms with E-state index < -0.39 is 0 Å². The minimum absolute atomic E-state index is 0.196. The van der Waals surface area contributed by atoms with Gasteiger partial charge in [-0.25, -0.2) is 0 Å². The molecule has 0 saturated carbocycles. The third-order valence-electron chi connectivity index (χ3n) is 4.20. The maximum absolute atomic E-state index is 6.17. The summed E-state index contributed by atoms with van der Waals surface area (Å²) in [4.78, 5) is 0. The molecule has 0 atom stereocenters. The maximum Gasteiger partial charge on any atom is 0.113 e. The molecule has 0 fully saturated rings. The smallest absolute Gasteiger partial charge is 0.110 e. The number of hydrogen-bond donors (Lipinski definition) is 0. The molecule has 24 heavy (non-hydrogen) atoms. The van der Waals surface area contributed by atoms with Crippen LogP contribution in [0.1, 0.15) is 0 Å². The van der Waals surface area contributed by atoms with Crippen LogP contribution in [0.5, 0.6) is 0 Å². The number of benzene rings is 3. The van der Waals surface area contributed by atoms with Crippen molar-refractivity contribution < 1.29 is 0 Å². The molecule has 0 aromatic heterocycles. The van der Waals surface area contributed by atoms with Gasteiger partial charge >= 0.3 is 0 Å². The molecule has 3 rings (SSSR count). The lowest BCUT2D eigenvalue weighted by Gasteiger charge is -2.24. The highest BCUT2D eigenvalue weighted by molar-refractivity contribution is 9.11. The molecule has 3 aromatic carbocycles. The van der Waals surface area contributed by atoms with Gasteiger partial charge in [0.25, 0.3) is 0 Å². The summed E-state index contributed by atoms with van der Waals surface area (Å²) in [6, 6.07) is 0. The van der Waals surface area contributed by atoms with Crippen molar-refractivity contribution in [2.45, 2.75) is 0 Å². The van der Waals surface area contributed by atoms with E-state index in [1.807, 2.05) is 0 Å². The van der Waals surface area contributed by atoms with E-state index in [0.29, 0.717) is 30.5 Å². The molecule has 3 aromatic rings. The Morgan fingerprint density at radius 3 is 0.667 bits per heavy atom. The fraction of sp³-hybridized carbons (Fsp3) is 0. The fourth-order valence-electron chi connectivity index (χ4n) is 2.82. The fourth-order valence-corrected chi connectivity index (χ4v) is 4.47. The quantitative estimate of drug-likeness (QED) is 0.259. The average Bonchev–Trinajstić information content (AvgIpc) is 2.55. The zero-order valence-corrected chi connectivity index (χ0v) is 15.5. The number of halogens is 2. The van der Waals surface area contributed by atoms with Crippen molar-refractivity contribution in [2.75, 3.05) is 0 Å². The Morgan fingerprint density at radius 2 is 0.500 bits per heavy atom. The predicted octanol–water partition coefficient (Wildman–Crippen LogP) is -4.13. The molecule has 0 aliphatic rings. The van der Waals surface area contributed by atoms with Crippen molar-refractivity contribution in [3.8, 4) is 0 Å². The summed E-state index contributed by atoms with van der Waals surface area (Å²) in [7, 11) is 48.5. The Hall–Kier alpha value is -0.341. The molecule has 0 amide bonds. The molecular weight excluding hydrogens is 414 g/mol. The molecule has 0 nitrogen and oxygen atoms in total. The molecule has 0 aliphatic heterocycles. The summed E-state index contributed by atoms with van der Waals surface area (Å²) in [5.74, 6) is 0. The molecule has 0 spiro atoms. The lowest BCUT2D eigenvalue weighted by Crippen LogP contribution is -2.49. The second kappa shape index (κ2) is 6.13. The number of fused-ring (bicyclic) bond motifs is 2. The van der Waals surface area contributed by atoms with Crippen LogP contribution in [-0.2, 0) is 0 Å². The van der Waals surface area contributed by atoms with E-state index in [1.165, 1.54) is 0 Å². The van der Waals surface area contributed by atoms with Crippen LogP contribution in [0.3, 0.4) is 0 Å². The minimum atomic E-state index is 0.196. The van der Waals surface area contributed by atoms with Crippen LogP contribution in [0.15, 0.2) is 8.95 Å². The summed E-state index contributed by atoms with van der Waals surface area (Å²) >= 11 is 7.04. The summed E-state index contributed by atoms with van der Waals surface area (Å²) in [5.41, 5.74) is 1.89. The second-order valence-electron chi connectivity index (χ2n) is 5.44.